The maximum absolute atomic E-state index is 13.1. The van der Waals surface area contributed by atoms with Crippen molar-refractivity contribution in [2.75, 3.05) is 7.11 Å². The molecule has 0 amide bonds. The lowest BCUT2D eigenvalue weighted by Gasteiger charge is -2.35. The second-order valence-corrected chi connectivity index (χ2v) is 11.7. The molecule has 0 fully saturated rings. The second-order valence-electron chi connectivity index (χ2n) is 11.4. The van der Waals surface area contributed by atoms with Gasteiger partial charge in [0.1, 0.15) is 5.82 Å². The molecule has 0 spiro atoms. The molecule has 1 aliphatic heterocycles. The van der Waals surface area contributed by atoms with Crippen LogP contribution in [0, 0.1) is 18.8 Å². The SMILES string of the molecule is COc1nc2ccc(C(O)(C3=CN=C(C)[C@H](C)CC3C)c3cnc(C)n3C)cc2c(Cl)c1Cc1ccc(C(F)(F)F)cc1. The Labute approximate surface area is 253 Å². The number of aliphatic imine (C=N–C) groups is 1. The van der Waals surface area contributed by atoms with Crippen LogP contribution in [-0.2, 0) is 25.2 Å². The smallest absolute Gasteiger partial charge is 0.416 e. The molecule has 0 saturated heterocycles. The molecular weight excluding hydrogens is 577 g/mol. The first-order chi connectivity index (χ1) is 20.2. The van der Waals surface area contributed by atoms with Crippen molar-refractivity contribution in [3.63, 3.8) is 0 Å². The van der Waals surface area contributed by atoms with Crippen LogP contribution in [0.15, 0.2) is 65.4 Å². The van der Waals surface area contributed by atoms with Crippen molar-refractivity contribution in [2.24, 2.45) is 23.9 Å². The van der Waals surface area contributed by atoms with E-state index in [1.807, 2.05) is 37.6 Å². The van der Waals surface area contributed by atoms with Crippen LogP contribution in [0.4, 0.5) is 13.2 Å². The molecule has 10 heteroatoms. The number of aryl methyl sites for hydroxylation is 1. The summed E-state index contributed by atoms with van der Waals surface area (Å²) in [5.74, 6) is 1.26. The third kappa shape index (κ3) is 5.56. The number of benzene rings is 2. The van der Waals surface area contributed by atoms with Crippen LogP contribution in [0.3, 0.4) is 0 Å². The van der Waals surface area contributed by atoms with E-state index in [1.54, 1.807) is 18.5 Å². The van der Waals surface area contributed by atoms with Crippen molar-refractivity contribution in [1.29, 1.82) is 0 Å². The van der Waals surface area contributed by atoms with Gasteiger partial charge in [-0.05, 0) is 73.1 Å². The van der Waals surface area contributed by atoms with Crippen LogP contribution in [0.5, 0.6) is 5.88 Å². The summed E-state index contributed by atoms with van der Waals surface area (Å²) in [5.41, 5.74) is 2.28. The van der Waals surface area contributed by atoms with E-state index in [0.29, 0.717) is 38.3 Å². The molecule has 4 aromatic rings. The maximum Gasteiger partial charge on any atom is 0.416 e. The number of hydrogen-bond donors (Lipinski definition) is 1. The molecule has 2 aromatic heterocycles. The molecule has 6 nitrogen and oxygen atoms in total. The fraction of sp³-hybridized carbons (Fsp3) is 0.364. The maximum atomic E-state index is 13.1. The monoisotopic (exact) mass is 610 g/mol. The predicted molar refractivity (Wildman–Crippen MR) is 163 cm³/mol. The minimum Gasteiger partial charge on any atom is -0.481 e. The zero-order chi connectivity index (χ0) is 31.3. The zero-order valence-corrected chi connectivity index (χ0v) is 25.7. The summed E-state index contributed by atoms with van der Waals surface area (Å²) in [7, 11) is 3.34. The largest absolute Gasteiger partial charge is 0.481 e. The number of ether oxygens (including phenoxy) is 1. The standard InChI is InChI=1S/C33H34ClF3N4O2/c1-18-13-19(2)27(16-38-20(18)3)32(42,29-17-39-21(4)41(29)5)24-11-12-28-25(15-24)30(34)26(31(40-28)43-6)14-22-7-9-23(10-8-22)33(35,36)37/h7-12,15-19,42H,13-14H2,1-6H3/t18-,19?,32?/m1/s1. The van der Waals surface area contributed by atoms with Crippen LogP contribution in [0.2, 0.25) is 5.02 Å². The minimum atomic E-state index is -4.43. The molecule has 0 radical (unpaired) electrons. The third-order valence-corrected chi connectivity index (χ3v) is 9.05. The van der Waals surface area contributed by atoms with Gasteiger partial charge in [0.15, 0.2) is 5.60 Å². The highest BCUT2D eigenvalue weighted by molar-refractivity contribution is 6.36. The Morgan fingerprint density at radius 2 is 1.72 bits per heavy atom. The van der Waals surface area contributed by atoms with Gasteiger partial charge in [0.25, 0.3) is 0 Å². The molecule has 3 heterocycles. The van der Waals surface area contributed by atoms with Gasteiger partial charge < -0.3 is 14.4 Å². The van der Waals surface area contributed by atoms with Crippen LogP contribution in [0.1, 0.15) is 61.0 Å². The summed E-state index contributed by atoms with van der Waals surface area (Å²) in [4.78, 5) is 13.9. The highest BCUT2D eigenvalue weighted by atomic mass is 35.5. The molecule has 5 rings (SSSR count). The summed E-state index contributed by atoms with van der Waals surface area (Å²) in [6.45, 7) is 8.09. The Hall–Kier alpha value is -3.69. The molecule has 1 N–H and O–H groups in total. The number of hydrogen-bond acceptors (Lipinski definition) is 5. The molecule has 2 unspecified atom stereocenters. The average Bonchev–Trinajstić information content (AvgIpc) is 3.24. The van der Waals surface area contributed by atoms with Crippen molar-refractivity contribution in [2.45, 2.75) is 52.3 Å². The second kappa shape index (κ2) is 11.4. The number of imidazole rings is 1. The number of aromatic nitrogens is 3. The van der Waals surface area contributed by atoms with Crippen LogP contribution in [0.25, 0.3) is 10.9 Å². The highest BCUT2D eigenvalue weighted by Gasteiger charge is 2.42. The van der Waals surface area contributed by atoms with Gasteiger partial charge in [-0.3, -0.25) is 4.99 Å². The summed E-state index contributed by atoms with van der Waals surface area (Å²) in [6, 6.07) is 10.4. The molecule has 2 aromatic carbocycles. The lowest BCUT2D eigenvalue weighted by molar-refractivity contribution is -0.137. The predicted octanol–water partition coefficient (Wildman–Crippen LogP) is 7.80. The molecule has 3 atom stereocenters. The lowest BCUT2D eigenvalue weighted by Crippen LogP contribution is -2.35. The quantitative estimate of drug-likeness (QED) is 0.242. The minimum absolute atomic E-state index is 0.00759. The summed E-state index contributed by atoms with van der Waals surface area (Å²) >= 11 is 7.03. The lowest BCUT2D eigenvalue weighted by atomic mass is 9.75. The van der Waals surface area contributed by atoms with E-state index >= 15 is 0 Å². The van der Waals surface area contributed by atoms with E-state index in [2.05, 4.69) is 23.8 Å². The Morgan fingerprint density at radius 3 is 2.33 bits per heavy atom. The normalized spacial score (nSPS) is 19.0. The van der Waals surface area contributed by atoms with Crippen LogP contribution >= 0.6 is 11.6 Å². The van der Waals surface area contributed by atoms with Gasteiger partial charge in [0.2, 0.25) is 5.88 Å². The van der Waals surface area contributed by atoms with E-state index in [1.165, 1.54) is 19.2 Å². The van der Waals surface area contributed by atoms with E-state index < -0.39 is 17.3 Å². The molecular formula is C33H34ClF3N4O2. The van der Waals surface area contributed by atoms with Gasteiger partial charge >= 0.3 is 6.18 Å². The van der Waals surface area contributed by atoms with Crippen molar-refractivity contribution >= 4 is 28.2 Å². The Bertz CT molecular complexity index is 1740. The first-order valence-electron chi connectivity index (χ1n) is 14.0. The third-order valence-electron chi connectivity index (χ3n) is 8.62. The van der Waals surface area contributed by atoms with E-state index in [0.717, 1.165) is 35.7 Å². The topological polar surface area (TPSA) is 72.5 Å². The Kier molecular flexibility index (Phi) is 8.17. The molecule has 0 bridgehead atoms. The zero-order valence-electron chi connectivity index (χ0n) is 24.9. The van der Waals surface area contributed by atoms with Crippen LogP contribution < -0.4 is 4.74 Å². The molecule has 226 valence electrons. The number of rotatable bonds is 6. The molecule has 43 heavy (non-hydrogen) atoms. The summed E-state index contributed by atoms with van der Waals surface area (Å²) in [5, 5.41) is 13.7. The molecule has 0 saturated carbocycles. The summed E-state index contributed by atoms with van der Waals surface area (Å²) in [6.07, 6.45) is 0.0450. The number of alkyl halides is 3. The molecule has 0 aliphatic carbocycles. The molecule has 1 aliphatic rings. The van der Waals surface area contributed by atoms with Crippen molar-refractivity contribution in [3.8, 4) is 5.88 Å². The van der Waals surface area contributed by atoms with Crippen molar-refractivity contribution in [3.05, 3.63) is 99.2 Å². The number of pyridine rings is 1. The Balaban J connectivity index is 1.68. The fourth-order valence-corrected chi connectivity index (χ4v) is 6.11. The first kappa shape index (κ1) is 30.8. The summed E-state index contributed by atoms with van der Waals surface area (Å²) < 4.78 is 46.8. The Morgan fingerprint density at radius 1 is 1.05 bits per heavy atom. The average molecular weight is 611 g/mol. The number of fused-ring (bicyclic) bond motifs is 1. The number of halogens is 4. The van der Waals surface area contributed by atoms with E-state index in [4.69, 9.17) is 21.3 Å². The van der Waals surface area contributed by atoms with Gasteiger partial charge in [-0.15, -0.1) is 0 Å². The van der Waals surface area contributed by atoms with Gasteiger partial charge in [0, 0.05) is 36.3 Å². The van der Waals surface area contributed by atoms with Gasteiger partial charge in [-0.25, -0.2) is 9.97 Å². The number of methoxy groups -OCH3 is 1. The first-order valence-corrected chi connectivity index (χ1v) is 14.4. The number of aliphatic hydroxyl groups is 1. The van der Waals surface area contributed by atoms with Crippen molar-refractivity contribution < 1.29 is 23.0 Å². The van der Waals surface area contributed by atoms with Gasteiger partial charge in [-0.2, -0.15) is 13.2 Å². The van der Waals surface area contributed by atoms with E-state index in [-0.39, 0.29) is 24.1 Å². The van der Waals surface area contributed by atoms with Crippen LogP contribution in [-0.4, -0.2) is 32.5 Å². The number of nitrogens with zero attached hydrogens (tertiary/aromatic N) is 4. The highest BCUT2D eigenvalue weighted by Crippen LogP contribution is 2.45. The fourth-order valence-electron chi connectivity index (χ4n) is 5.81. The van der Waals surface area contributed by atoms with Gasteiger partial charge in [0.05, 0.1) is 35.1 Å². The van der Waals surface area contributed by atoms with Gasteiger partial charge in [-0.1, -0.05) is 43.6 Å². The van der Waals surface area contributed by atoms with Crippen molar-refractivity contribution in [1.82, 2.24) is 14.5 Å². The van der Waals surface area contributed by atoms with E-state index in [9.17, 15) is 18.3 Å².